The Balaban J connectivity index is 2.66. The SMILES string of the molecule is Cc1nn(CC(=O)NC(C)CO)c(C)c1N. The molecule has 1 aromatic rings. The van der Waals surface area contributed by atoms with Crippen LogP contribution in [0.5, 0.6) is 0 Å². The average Bonchev–Trinajstić information content (AvgIpc) is 2.46. The van der Waals surface area contributed by atoms with E-state index in [-0.39, 0.29) is 25.1 Å². The van der Waals surface area contributed by atoms with E-state index in [9.17, 15) is 4.79 Å². The predicted octanol–water partition coefficient (Wildman–Crippen LogP) is -0.421. The fourth-order valence-electron chi connectivity index (χ4n) is 1.37. The fourth-order valence-corrected chi connectivity index (χ4v) is 1.37. The molecule has 90 valence electrons. The maximum absolute atomic E-state index is 11.5. The zero-order chi connectivity index (χ0) is 12.3. The predicted molar refractivity (Wildman–Crippen MR) is 60.8 cm³/mol. The Morgan fingerprint density at radius 1 is 1.62 bits per heavy atom. The van der Waals surface area contributed by atoms with Gasteiger partial charge in [-0.3, -0.25) is 9.48 Å². The number of nitrogen functional groups attached to an aromatic ring is 1. The number of amides is 1. The van der Waals surface area contributed by atoms with Gasteiger partial charge in [-0.25, -0.2) is 0 Å². The Hall–Kier alpha value is -1.56. The van der Waals surface area contributed by atoms with E-state index in [0.717, 1.165) is 11.4 Å². The van der Waals surface area contributed by atoms with Gasteiger partial charge in [0.25, 0.3) is 0 Å². The molecular formula is C10H18N4O2. The lowest BCUT2D eigenvalue weighted by Gasteiger charge is -2.11. The largest absolute Gasteiger partial charge is 0.396 e. The van der Waals surface area contributed by atoms with Gasteiger partial charge < -0.3 is 16.2 Å². The molecule has 1 heterocycles. The first-order valence-corrected chi connectivity index (χ1v) is 5.15. The number of nitrogens with two attached hydrogens (primary N) is 1. The molecule has 1 atom stereocenters. The van der Waals surface area contributed by atoms with E-state index in [1.807, 2.05) is 6.92 Å². The molecule has 16 heavy (non-hydrogen) atoms. The molecule has 0 radical (unpaired) electrons. The molecule has 0 aliphatic heterocycles. The quantitative estimate of drug-likeness (QED) is 0.650. The van der Waals surface area contributed by atoms with Crippen molar-refractivity contribution < 1.29 is 9.90 Å². The van der Waals surface area contributed by atoms with Crippen molar-refractivity contribution in [3.63, 3.8) is 0 Å². The summed E-state index contributed by atoms with van der Waals surface area (Å²) in [5.41, 5.74) is 7.87. The van der Waals surface area contributed by atoms with Crippen LogP contribution in [0, 0.1) is 13.8 Å². The minimum atomic E-state index is -0.248. The molecule has 0 aliphatic carbocycles. The number of aryl methyl sites for hydroxylation is 1. The summed E-state index contributed by atoms with van der Waals surface area (Å²) in [6.45, 7) is 5.39. The average molecular weight is 226 g/mol. The number of hydrogen-bond acceptors (Lipinski definition) is 4. The molecule has 0 saturated heterocycles. The monoisotopic (exact) mass is 226 g/mol. The smallest absolute Gasteiger partial charge is 0.242 e. The van der Waals surface area contributed by atoms with Crippen LogP contribution in [0.1, 0.15) is 18.3 Å². The summed E-state index contributed by atoms with van der Waals surface area (Å²) in [5, 5.41) is 15.6. The molecule has 0 saturated carbocycles. The van der Waals surface area contributed by atoms with Crippen LogP contribution in [-0.4, -0.2) is 33.4 Å². The van der Waals surface area contributed by atoms with E-state index >= 15 is 0 Å². The molecule has 0 bridgehead atoms. The minimum Gasteiger partial charge on any atom is -0.396 e. The number of rotatable bonds is 4. The van der Waals surface area contributed by atoms with E-state index in [1.165, 1.54) is 0 Å². The summed E-state index contributed by atoms with van der Waals surface area (Å²) in [5.74, 6) is -0.188. The maximum Gasteiger partial charge on any atom is 0.242 e. The molecule has 6 nitrogen and oxygen atoms in total. The van der Waals surface area contributed by atoms with Gasteiger partial charge in [-0.1, -0.05) is 0 Å². The third kappa shape index (κ3) is 2.73. The van der Waals surface area contributed by atoms with Crippen LogP contribution in [0.3, 0.4) is 0 Å². The van der Waals surface area contributed by atoms with Gasteiger partial charge >= 0.3 is 0 Å². The molecule has 1 aromatic heterocycles. The van der Waals surface area contributed by atoms with Gasteiger partial charge in [0, 0.05) is 6.04 Å². The fraction of sp³-hybridized carbons (Fsp3) is 0.600. The number of aliphatic hydroxyl groups is 1. The minimum absolute atomic E-state index is 0.0784. The summed E-state index contributed by atoms with van der Waals surface area (Å²) in [7, 11) is 0. The Kier molecular flexibility index (Phi) is 3.89. The lowest BCUT2D eigenvalue weighted by atomic mass is 10.3. The molecule has 0 aromatic carbocycles. The molecule has 0 aliphatic rings. The summed E-state index contributed by atoms with van der Waals surface area (Å²) >= 11 is 0. The summed E-state index contributed by atoms with van der Waals surface area (Å²) in [6.07, 6.45) is 0. The molecule has 1 rings (SSSR count). The molecule has 0 fully saturated rings. The van der Waals surface area contributed by atoms with Gasteiger partial charge in [-0.2, -0.15) is 5.10 Å². The Morgan fingerprint density at radius 2 is 2.25 bits per heavy atom. The van der Waals surface area contributed by atoms with Gasteiger partial charge in [0.15, 0.2) is 0 Å². The number of nitrogens with one attached hydrogen (secondary N) is 1. The van der Waals surface area contributed by atoms with Gasteiger partial charge in [0.05, 0.1) is 23.7 Å². The molecule has 4 N–H and O–H groups in total. The van der Waals surface area contributed by atoms with E-state index in [1.54, 1.807) is 18.5 Å². The highest BCUT2D eigenvalue weighted by Crippen LogP contribution is 2.14. The summed E-state index contributed by atoms with van der Waals surface area (Å²) in [4.78, 5) is 11.5. The first-order valence-electron chi connectivity index (χ1n) is 5.15. The zero-order valence-corrected chi connectivity index (χ0v) is 9.82. The third-order valence-corrected chi connectivity index (χ3v) is 2.41. The van der Waals surface area contributed by atoms with Gasteiger partial charge in [-0.15, -0.1) is 0 Å². The van der Waals surface area contributed by atoms with Crippen molar-refractivity contribution in [3.05, 3.63) is 11.4 Å². The number of carbonyl (C=O) groups is 1. The Labute approximate surface area is 94.4 Å². The van der Waals surface area contributed by atoms with Crippen LogP contribution in [-0.2, 0) is 11.3 Å². The lowest BCUT2D eigenvalue weighted by molar-refractivity contribution is -0.122. The van der Waals surface area contributed by atoms with Crippen molar-refractivity contribution in [1.82, 2.24) is 15.1 Å². The molecule has 1 unspecified atom stereocenters. The molecule has 0 spiro atoms. The highest BCUT2D eigenvalue weighted by molar-refractivity contribution is 5.76. The van der Waals surface area contributed by atoms with E-state index in [2.05, 4.69) is 10.4 Å². The number of hydrogen-bond donors (Lipinski definition) is 3. The summed E-state index contributed by atoms with van der Waals surface area (Å²) in [6, 6.07) is -0.248. The number of aromatic nitrogens is 2. The van der Waals surface area contributed by atoms with Crippen molar-refractivity contribution in [3.8, 4) is 0 Å². The Bertz CT molecular complexity index is 386. The zero-order valence-electron chi connectivity index (χ0n) is 9.82. The van der Waals surface area contributed by atoms with Gasteiger partial charge in [0.2, 0.25) is 5.91 Å². The van der Waals surface area contributed by atoms with Crippen molar-refractivity contribution in [2.75, 3.05) is 12.3 Å². The Morgan fingerprint density at radius 3 is 2.69 bits per heavy atom. The third-order valence-electron chi connectivity index (χ3n) is 2.41. The second kappa shape index (κ2) is 4.98. The maximum atomic E-state index is 11.5. The van der Waals surface area contributed by atoms with Crippen molar-refractivity contribution in [1.29, 1.82) is 0 Å². The van der Waals surface area contributed by atoms with Gasteiger partial charge in [-0.05, 0) is 20.8 Å². The lowest BCUT2D eigenvalue weighted by Crippen LogP contribution is -2.37. The number of nitrogens with zero attached hydrogens (tertiary/aromatic N) is 2. The standard InChI is InChI=1S/C10H18N4O2/c1-6(5-15)12-9(16)4-14-8(3)10(11)7(2)13-14/h6,15H,4-5,11H2,1-3H3,(H,12,16). The van der Waals surface area contributed by atoms with E-state index in [0.29, 0.717) is 5.69 Å². The first-order chi connectivity index (χ1) is 7.45. The van der Waals surface area contributed by atoms with Crippen molar-refractivity contribution in [2.45, 2.75) is 33.4 Å². The van der Waals surface area contributed by atoms with E-state index < -0.39 is 0 Å². The van der Waals surface area contributed by atoms with Crippen molar-refractivity contribution >= 4 is 11.6 Å². The highest BCUT2D eigenvalue weighted by Gasteiger charge is 2.12. The number of carbonyl (C=O) groups excluding carboxylic acids is 1. The topological polar surface area (TPSA) is 93.2 Å². The van der Waals surface area contributed by atoms with Crippen LogP contribution in [0.25, 0.3) is 0 Å². The van der Waals surface area contributed by atoms with Crippen LogP contribution < -0.4 is 11.1 Å². The van der Waals surface area contributed by atoms with Gasteiger partial charge in [0.1, 0.15) is 6.54 Å². The van der Waals surface area contributed by atoms with Crippen molar-refractivity contribution in [2.24, 2.45) is 0 Å². The van der Waals surface area contributed by atoms with Crippen LogP contribution in [0.4, 0.5) is 5.69 Å². The normalized spacial score (nSPS) is 12.5. The summed E-state index contributed by atoms with van der Waals surface area (Å²) < 4.78 is 1.56. The number of aliphatic hydroxyl groups excluding tert-OH is 1. The second-order valence-electron chi connectivity index (χ2n) is 3.89. The van der Waals surface area contributed by atoms with E-state index in [4.69, 9.17) is 10.8 Å². The first kappa shape index (κ1) is 12.5. The molecule has 1 amide bonds. The highest BCUT2D eigenvalue weighted by atomic mass is 16.3. The molecular weight excluding hydrogens is 208 g/mol. The second-order valence-corrected chi connectivity index (χ2v) is 3.89. The van der Waals surface area contributed by atoms with Crippen LogP contribution >= 0.6 is 0 Å². The number of anilines is 1. The van der Waals surface area contributed by atoms with Crippen LogP contribution in [0.15, 0.2) is 0 Å². The molecule has 6 heteroatoms. The van der Waals surface area contributed by atoms with Crippen LogP contribution in [0.2, 0.25) is 0 Å².